The number of allylic oxidation sites excluding steroid dienone is 3. The van der Waals surface area contributed by atoms with E-state index >= 15 is 0 Å². The molecule has 26 heavy (non-hydrogen) atoms. The monoisotopic (exact) mass is 366 g/mol. The first-order valence-electron chi connectivity index (χ1n) is 9.78. The van der Waals surface area contributed by atoms with Crippen LogP contribution in [0.4, 0.5) is 0 Å². The Balaban J connectivity index is 2.46. The van der Waals surface area contributed by atoms with Crippen LogP contribution in [-0.2, 0) is 14.3 Å². The average molecular weight is 366 g/mol. The SMILES string of the molecule is CCCCC[C@H](O)C=C[C@H]1C(=O)C[C@H](O)[C@@H]1C/C=C/CCCC(=O)OC. The fourth-order valence-electron chi connectivity index (χ4n) is 3.31. The molecule has 0 aliphatic heterocycles. The lowest BCUT2D eigenvalue weighted by Crippen LogP contribution is -2.19. The molecule has 0 bridgehead atoms. The van der Waals surface area contributed by atoms with E-state index in [2.05, 4.69) is 11.7 Å². The molecule has 1 aliphatic rings. The van der Waals surface area contributed by atoms with Crippen molar-refractivity contribution in [3.63, 3.8) is 0 Å². The van der Waals surface area contributed by atoms with Gasteiger partial charge in [-0.1, -0.05) is 50.5 Å². The molecule has 4 atom stereocenters. The van der Waals surface area contributed by atoms with E-state index in [1.807, 2.05) is 12.2 Å². The molecule has 2 N–H and O–H groups in total. The number of ketones is 1. The number of carbonyl (C=O) groups is 2. The van der Waals surface area contributed by atoms with E-state index in [0.717, 1.165) is 32.1 Å². The van der Waals surface area contributed by atoms with Crippen molar-refractivity contribution in [1.82, 2.24) is 0 Å². The summed E-state index contributed by atoms with van der Waals surface area (Å²) in [6, 6.07) is 0. The molecule has 0 radical (unpaired) electrons. The van der Waals surface area contributed by atoms with Gasteiger partial charge >= 0.3 is 5.97 Å². The molecule has 0 aromatic rings. The Morgan fingerprint density at radius 2 is 2.08 bits per heavy atom. The smallest absolute Gasteiger partial charge is 0.305 e. The largest absolute Gasteiger partial charge is 0.469 e. The van der Waals surface area contributed by atoms with Crippen molar-refractivity contribution in [1.29, 1.82) is 0 Å². The third-order valence-corrected chi connectivity index (χ3v) is 4.94. The minimum atomic E-state index is -0.630. The normalized spacial score (nSPS) is 24.6. The van der Waals surface area contributed by atoms with Crippen molar-refractivity contribution in [2.45, 2.75) is 76.9 Å². The second-order valence-corrected chi connectivity index (χ2v) is 7.05. The second kappa shape index (κ2) is 12.8. The van der Waals surface area contributed by atoms with E-state index in [0.29, 0.717) is 19.3 Å². The molecular formula is C21H34O5. The van der Waals surface area contributed by atoms with Crippen molar-refractivity contribution in [2.75, 3.05) is 7.11 Å². The maximum atomic E-state index is 12.1. The zero-order valence-corrected chi connectivity index (χ0v) is 16.1. The number of rotatable bonds is 12. The van der Waals surface area contributed by atoms with Crippen LogP contribution >= 0.6 is 0 Å². The summed E-state index contributed by atoms with van der Waals surface area (Å²) in [4.78, 5) is 23.2. The Kier molecular flexibility index (Phi) is 11.1. The van der Waals surface area contributed by atoms with Gasteiger partial charge in [0, 0.05) is 24.7 Å². The Labute approximate surface area is 157 Å². The molecule has 0 unspecified atom stereocenters. The van der Waals surface area contributed by atoms with E-state index in [-0.39, 0.29) is 30.0 Å². The van der Waals surface area contributed by atoms with Gasteiger partial charge in [-0.05, 0) is 25.7 Å². The lowest BCUT2D eigenvalue weighted by atomic mass is 9.90. The topological polar surface area (TPSA) is 83.8 Å². The van der Waals surface area contributed by atoms with E-state index in [4.69, 9.17) is 0 Å². The number of ether oxygens (including phenoxy) is 1. The summed E-state index contributed by atoms with van der Waals surface area (Å²) in [5.74, 6) is -0.638. The maximum absolute atomic E-state index is 12.1. The second-order valence-electron chi connectivity index (χ2n) is 7.05. The van der Waals surface area contributed by atoms with Crippen molar-refractivity contribution in [2.24, 2.45) is 11.8 Å². The zero-order valence-electron chi connectivity index (χ0n) is 16.1. The number of hydrogen-bond acceptors (Lipinski definition) is 5. The molecule has 5 nitrogen and oxygen atoms in total. The van der Waals surface area contributed by atoms with Crippen LogP contribution in [0, 0.1) is 11.8 Å². The van der Waals surface area contributed by atoms with E-state index in [1.165, 1.54) is 7.11 Å². The summed E-state index contributed by atoms with van der Waals surface area (Å²) in [5.41, 5.74) is 0. The molecular weight excluding hydrogens is 332 g/mol. The quantitative estimate of drug-likeness (QED) is 0.314. The third kappa shape index (κ3) is 8.28. The molecule has 1 fully saturated rings. The van der Waals surface area contributed by atoms with Gasteiger partial charge < -0.3 is 14.9 Å². The Hall–Kier alpha value is -1.46. The molecule has 0 heterocycles. The molecule has 1 aliphatic carbocycles. The van der Waals surface area contributed by atoms with E-state index in [9.17, 15) is 19.8 Å². The minimum absolute atomic E-state index is 0.0404. The molecule has 0 aromatic carbocycles. The summed E-state index contributed by atoms with van der Waals surface area (Å²) >= 11 is 0. The summed E-state index contributed by atoms with van der Waals surface area (Å²) in [7, 11) is 1.38. The number of hydrogen-bond donors (Lipinski definition) is 2. The van der Waals surface area contributed by atoms with Crippen LogP contribution in [0.2, 0.25) is 0 Å². The lowest BCUT2D eigenvalue weighted by Gasteiger charge is -2.17. The predicted molar refractivity (Wildman–Crippen MR) is 102 cm³/mol. The van der Waals surface area contributed by atoms with Gasteiger partial charge in [0.05, 0.1) is 19.3 Å². The highest BCUT2D eigenvalue weighted by molar-refractivity contribution is 5.86. The minimum Gasteiger partial charge on any atom is -0.469 e. The van der Waals surface area contributed by atoms with Gasteiger partial charge in [-0.15, -0.1) is 0 Å². The number of aliphatic hydroxyl groups excluding tert-OH is 2. The highest BCUT2D eigenvalue weighted by atomic mass is 16.5. The van der Waals surface area contributed by atoms with Crippen molar-refractivity contribution in [3.05, 3.63) is 24.3 Å². The summed E-state index contributed by atoms with van der Waals surface area (Å²) < 4.78 is 4.59. The number of unbranched alkanes of at least 4 members (excludes halogenated alkanes) is 3. The molecule has 1 rings (SSSR count). The average Bonchev–Trinajstić information content (AvgIpc) is 2.89. The highest BCUT2D eigenvalue weighted by Gasteiger charge is 2.39. The van der Waals surface area contributed by atoms with Crippen molar-refractivity contribution in [3.8, 4) is 0 Å². The zero-order chi connectivity index (χ0) is 19.4. The summed E-state index contributed by atoms with van der Waals surface area (Å²) in [6.07, 6.45) is 12.9. The van der Waals surface area contributed by atoms with Gasteiger partial charge in [-0.2, -0.15) is 0 Å². The summed E-state index contributed by atoms with van der Waals surface area (Å²) in [5, 5.41) is 20.2. The first kappa shape index (κ1) is 22.6. The lowest BCUT2D eigenvalue weighted by molar-refractivity contribution is -0.140. The molecule has 0 aromatic heterocycles. The van der Waals surface area contributed by atoms with E-state index in [1.54, 1.807) is 12.2 Å². The molecule has 0 spiro atoms. The number of aliphatic hydroxyl groups is 2. The number of esters is 1. The number of carbonyl (C=O) groups excluding carboxylic acids is 2. The van der Waals surface area contributed by atoms with Gasteiger partial charge in [0.15, 0.2) is 0 Å². The van der Waals surface area contributed by atoms with Crippen LogP contribution in [-0.4, -0.2) is 41.3 Å². The van der Waals surface area contributed by atoms with Crippen LogP contribution in [0.3, 0.4) is 0 Å². The van der Waals surface area contributed by atoms with Crippen molar-refractivity contribution < 1.29 is 24.5 Å². The van der Waals surface area contributed by atoms with Gasteiger partial charge in [-0.25, -0.2) is 0 Å². The standard InChI is InChI=1S/C21H34O5/c1-3-4-7-10-16(22)13-14-18-17(19(23)15-20(18)24)11-8-5-6-9-12-21(25)26-2/h5,8,13-14,16-19,22-23H,3-4,6-7,9-12,15H2,1-2H3/b8-5+,14-13?/t16-,17+,18+,19-/m0/s1. The number of Topliss-reactive ketones (excluding diaryl/α,β-unsaturated/α-hetero) is 1. The summed E-state index contributed by atoms with van der Waals surface area (Å²) in [6.45, 7) is 2.12. The Bertz CT molecular complexity index is 483. The van der Waals surface area contributed by atoms with Crippen LogP contribution in [0.5, 0.6) is 0 Å². The molecule has 148 valence electrons. The Morgan fingerprint density at radius 1 is 1.31 bits per heavy atom. The molecule has 0 amide bonds. The van der Waals surface area contributed by atoms with Crippen LogP contribution < -0.4 is 0 Å². The predicted octanol–water partition coefficient (Wildman–Crippen LogP) is 3.34. The Morgan fingerprint density at radius 3 is 2.77 bits per heavy atom. The van der Waals surface area contributed by atoms with Gasteiger partial charge in [0.25, 0.3) is 0 Å². The van der Waals surface area contributed by atoms with Gasteiger partial charge in [0.2, 0.25) is 0 Å². The fraction of sp³-hybridized carbons (Fsp3) is 0.714. The van der Waals surface area contributed by atoms with Crippen LogP contribution in [0.1, 0.15) is 64.7 Å². The van der Waals surface area contributed by atoms with Crippen LogP contribution in [0.15, 0.2) is 24.3 Å². The third-order valence-electron chi connectivity index (χ3n) is 4.94. The van der Waals surface area contributed by atoms with Gasteiger partial charge in [-0.3, -0.25) is 9.59 Å². The van der Waals surface area contributed by atoms with Crippen LogP contribution in [0.25, 0.3) is 0 Å². The molecule has 5 heteroatoms. The van der Waals surface area contributed by atoms with Crippen molar-refractivity contribution >= 4 is 11.8 Å². The van der Waals surface area contributed by atoms with E-state index < -0.39 is 12.2 Å². The maximum Gasteiger partial charge on any atom is 0.305 e. The first-order valence-corrected chi connectivity index (χ1v) is 9.78. The fourth-order valence-corrected chi connectivity index (χ4v) is 3.31. The number of methoxy groups -OCH3 is 1. The van der Waals surface area contributed by atoms with Gasteiger partial charge in [0.1, 0.15) is 5.78 Å². The molecule has 1 saturated carbocycles. The molecule has 0 saturated heterocycles. The highest BCUT2D eigenvalue weighted by Crippen LogP contribution is 2.33. The first-order chi connectivity index (χ1) is 12.5.